The van der Waals surface area contributed by atoms with Gasteiger partial charge in [0.15, 0.2) is 17.4 Å². The summed E-state index contributed by atoms with van der Waals surface area (Å²) in [6, 6.07) is 0.818. The second-order valence-electron chi connectivity index (χ2n) is 4.00. The first-order chi connectivity index (χ1) is 10.2. The van der Waals surface area contributed by atoms with Crippen LogP contribution in [0, 0.1) is 23.2 Å². The Bertz CT molecular complexity index is 831. The summed E-state index contributed by atoms with van der Waals surface area (Å²) in [5.41, 5.74) is -2.17. The Morgan fingerprint density at radius 3 is 2.41 bits per heavy atom. The summed E-state index contributed by atoms with van der Waals surface area (Å²) >= 11 is 0. The first-order valence-electron chi connectivity index (χ1n) is 5.45. The predicted octanol–water partition coefficient (Wildman–Crippen LogP) is 1.73. The highest BCUT2D eigenvalue weighted by Gasteiger charge is 2.38. The number of halogens is 5. The molecule has 116 valence electrons. The van der Waals surface area contributed by atoms with Crippen molar-refractivity contribution in [3.63, 3.8) is 0 Å². The second kappa shape index (κ2) is 5.14. The van der Waals surface area contributed by atoms with Crippen molar-refractivity contribution in [1.29, 1.82) is 5.26 Å². The molecule has 0 radical (unpaired) electrons. The molecule has 0 aliphatic heterocycles. The molecule has 2 rings (SSSR count). The summed E-state index contributed by atoms with van der Waals surface area (Å²) in [7, 11) is 0.788. The topological polar surface area (TPSA) is 72.8 Å². The van der Waals surface area contributed by atoms with Gasteiger partial charge in [0.25, 0.3) is 6.26 Å². The monoisotopic (exact) mass is 320 g/mol. The Labute approximate surface area is 118 Å². The van der Waals surface area contributed by atoms with Gasteiger partial charge in [-0.15, -0.1) is 10.4 Å². The van der Waals surface area contributed by atoms with E-state index in [2.05, 4.69) is 9.84 Å². The van der Waals surface area contributed by atoms with Gasteiger partial charge in [-0.1, -0.05) is 0 Å². The maximum atomic E-state index is 13.8. The van der Waals surface area contributed by atoms with Gasteiger partial charge in [-0.2, -0.15) is 17.9 Å². The number of rotatable bonds is 2. The molecule has 1 heterocycles. The molecule has 0 aliphatic rings. The molecule has 6 nitrogen and oxygen atoms in total. The highest BCUT2D eigenvalue weighted by atomic mass is 19.4. The number of alkyl halides is 3. The van der Waals surface area contributed by atoms with Gasteiger partial charge >= 0.3 is 11.9 Å². The van der Waals surface area contributed by atoms with Crippen LogP contribution in [0.15, 0.2) is 16.9 Å². The molecule has 0 unspecified atom stereocenters. The van der Waals surface area contributed by atoms with E-state index in [0.29, 0.717) is 12.1 Å². The van der Waals surface area contributed by atoms with E-state index in [1.165, 1.54) is 0 Å². The molecule has 2 aromatic rings. The summed E-state index contributed by atoms with van der Waals surface area (Å²) in [4.78, 5) is 11.7. The van der Waals surface area contributed by atoms with Crippen molar-refractivity contribution in [3.05, 3.63) is 40.1 Å². The van der Waals surface area contributed by atoms with E-state index in [1.807, 2.05) is 0 Å². The minimum atomic E-state index is -4.95. The van der Waals surface area contributed by atoms with Crippen LogP contribution in [0.5, 0.6) is 5.75 Å². The third-order valence-corrected chi connectivity index (χ3v) is 2.62. The van der Waals surface area contributed by atoms with Crippen LogP contribution in [0.1, 0.15) is 5.82 Å². The molecule has 0 fully saturated rings. The van der Waals surface area contributed by atoms with E-state index >= 15 is 0 Å². The Hall–Kier alpha value is -2.90. The lowest BCUT2D eigenvalue weighted by Crippen LogP contribution is -2.24. The van der Waals surface area contributed by atoms with Gasteiger partial charge in [0, 0.05) is 19.2 Å². The van der Waals surface area contributed by atoms with Crippen molar-refractivity contribution >= 4 is 0 Å². The predicted molar refractivity (Wildman–Crippen MR) is 60.0 cm³/mol. The minimum absolute atomic E-state index is 0.0669. The number of aromatic nitrogens is 3. The SMILES string of the molecule is Cn1c(C(F)(F)F)nn(-c2cc(F)c(OC#N)cc2F)c1=O. The molecule has 0 N–H and O–H groups in total. The van der Waals surface area contributed by atoms with Crippen LogP contribution >= 0.6 is 0 Å². The van der Waals surface area contributed by atoms with Crippen LogP contribution in [-0.2, 0) is 13.2 Å². The van der Waals surface area contributed by atoms with Gasteiger partial charge in [-0.3, -0.25) is 4.57 Å². The van der Waals surface area contributed by atoms with E-state index in [0.717, 1.165) is 13.3 Å². The highest BCUT2D eigenvalue weighted by molar-refractivity contribution is 5.40. The van der Waals surface area contributed by atoms with Gasteiger partial charge in [-0.05, 0) is 0 Å². The van der Waals surface area contributed by atoms with Crippen LogP contribution in [0.4, 0.5) is 22.0 Å². The van der Waals surface area contributed by atoms with Gasteiger partial charge in [0.1, 0.15) is 5.69 Å². The first-order valence-corrected chi connectivity index (χ1v) is 5.45. The van der Waals surface area contributed by atoms with Crippen LogP contribution in [0.3, 0.4) is 0 Å². The standard InChI is InChI=1S/C11H5F5N4O2/c1-19-9(11(14,15)16)18-20(10(19)21)7-2-6(13)8(22-4-17)3-5(7)12/h2-3H,1H3. The molecule has 11 heteroatoms. The maximum Gasteiger partial charge on any atom is 0.451 e. The Kier molecular flexibility index (Phi) is 3.62. The molecule has 1 aromatic heterocycles. The lowest BCUT2D eigenvalue weighted by molar-refractivity contribution is -0.147. The Morgan fingerprint density at radius 1 is 1.27 bits per heavy atom. The number of nitriles is 1. The molecule has 0 amide bonds. The third kappa shape index (κ3) is 2.50. The number of nitrogens with zero attached hydrogens (tertiary/aromatic N) is 4. The fourth-order valence-corrected chi connectivity index (χ4v) is 1.65. The van der Waals surface area contributed by atoms with E-state index in [-0.39, 0.29) is 9.25 Å². The largest absolute Gasteiger partial charge is 0.451 e. The van der Waals surface area contributed by atoms with E-state index in [9.17, 15) is 26.7 Å². The first kappa shape index (κ1) is 15.5. The molecule has 0 aliphatic carbocycles. The van der Waals surface area contributed by atoms with Crippen LogP contribution in [0.2, 0.25) is 0 Å². The third-order valence-electron chi connectivity index (χ3n) is 2.62. The zero-order valence-corrected chi connectivity index (χ0v) is 10.6. The van der Waals surface area contributed by atoms with Gasteiger partial charge in [0.2, 0.25) is 5.82 Å². The Balaban J connectivity index is 2.66. The number of hydrogen-bond donors (Lipinski definition) is 0. The molecule has 1 aromatic carbocycles. The average Bonchev–Trinajstić information content (AvgIpc) is 2.70. The minimum Gasteiger partial charge on any atom is -0.385 e. The molecule has 0 saturated heterocycles. The highest BCUT2D eigenvalue weighted by Crippen LogP contribution is 2.28. The van der Waals surface area contributed by atoms with Crippen molar-refractivity contribution in [3.8, 4) is 17.7 Å². The molecule has 0 atom stereocenters. The summed E-state index contributed by atoms with van der Waals surface area (Å²) in [5, 5.41) is 11.2. The maximum absolute atomic E-state index is 13.8. The lowest BCUT2D eigenvalue weighted by Gasteiger charge is -2.05. The smallest absolute Gasteiger partial charge is 0.385 e. The van der Waals surface area contributed by atoms with Crippen molar-refractivity contribution < 1.29 is 26.7 Å². The van der Waals surface area contributed by atoms with Crippen molar-refractivity contribution in [2.24, 2.45) is 7.05 Å². The summed E-state index contributed by atoms with van der Waals surface area (Å²) in [6.07, 6.45) is -3.83. The molecule has 0 bridgehead atoms. The quantitative estimate of drug-likeness (QED) is 0.624. The zero-order valence-electron chi connectivity index (χ0n) is 10.6. The fraction of sp³-hybridized carbons (Fsp3) is 0.182. The van der Waals surface area contributed by atoms with Gasteiger partial charge in [0.05, 0.1) is 0 Å². The molecular weight excluding hydrogens is 315 g/mol. The molecule has 22 heavy (non-hydrogen) atoms. The second-order valence-corrected chi connectivity index (χ2v) is 4.00. The van der Waals surface area contributed by atoms with Crippen molar-refractivity contribution in [2.45, 2.75) is 6.18 Å². The normalized spacial score (nSPS) is 11.3. The number of hydrogen-bond acceptors (Lipinski definition) is 4. The average molecular weight is 320 g/mol. The van der Waals surface area contributed by atoms with Gasteiger partial charge < -0.3 is 4.74 Å². The molecular formula is C11H5F5N4O2. The van der Waals surface area contributed by atoms with Crippen molar-refractivity contribution in [1.82, 2.24) is 14.3 Å². The van der Waals surface area contributed by atoms with Gasteiger partial charge in [-0.25, -0.2) is 13.6 Å². The van der Waals surface area contributed by atoms with Crippen molar-refractivity contribution in [2.75, 3.05) is 0 Å². The number of ether oxygens (including phenoxy) is 1. The molecule has 0 spiro atoms. The Morgan fingerprint density at radius 2 is 1.91 bits per heavy atom. The van der Waals surface area contributed by atoms with Crippen LogP contribution < -0.4 is 10.4 Å². The van der Waals surface area contributed by atoms with Crippen LogP contribution in [0.25, 0.3) is 5.69 Å². The zero-order chi connectivity index (χ0) is 16.7. The lowest BCUT2D eigenvalue weighted by atomic mass is 10.2. The fourth-order valence-electron chi connectivity index (χ4n) is 1.65. The van der Waals surface area contributed by atoms with E-state index < -0.39 is 40.8 Å². The number of benzene rings is 1. The van der Waals surface area contributed by atoms with E-state index in [1.54, 1.807) is 0 Å². The summed E-state index contributed by atoms with van der Waals surface area (Å²) in [5.74, 6) is -4.89. The summed E-state index contributed by atoms with van der Waals surface area (Å²) < 4.78 is 69.6. The van der Waals surface area contributed by atoms with Crippen LogP contribution in [-0.4, -0.2) is 14.3 Å². The summed E-state index contributed by atoms with van der Waals surface area (Å²) in [6.45, 7) is 0. The van der Waals surface area contributed by atoms with E-state index in [4.69, 9.17) is 5.26 Å². The molecule has 0 saturated carbocycles.